The fraction of sp³-hybridized carbons (Fsp3) is 0.194. The Bertz CT molecular complexity index is 1530. The number of rotatable bonds is 9. The van der Waals surface area contributed by atoms with Gasteiger partial charge in [-0.15, -0.1) is 0 Å². The molecule has 0 saturated carbocycles. The van der Waals surface area contributed by atoms with Crippen molar-refractivity contribution in [3.8, 4) is 22.8 Å². The van der Waals surface area contributed by atoms with E-state index >= 15 is 0 Å². The Kier molecular flexibility index (Phi) is 8.19. The van der Waals surface area contributed by atoms with Crippen molar-refractivity contribution in [1.29, 1.82) is 0 Å². The van der Waals surface area contributed by atoms with E-state index < -0.39 is 24.0 Å². The number of nitrogens with one attached hydrogen (secondary N) is 2. The van der Waals surface area contributed by atoms with E-state index in [0.29, 0.717) is 54.4 Å². The van der Waals surface area contributed by atoms with E-state index in [1.807, 2.05) is 6.07 Å². The molecule has 0 bridgehead atoms. The number of carbonyl (C=O) groups is 4. The summed E-state index contributed by atoms with van der Waals surface area (Å²) in [4.78, 5) is 54.8. The second-order valence-corrected chi connectivity index (χ2v) is 9.53. The summed E-state index contributed by atoms with van der Waals surface area (Å²) < 4.78 is 11.3. The van der Waals surface area contributed by atoms with Crippen LogP contribution in [0.4, 0.5) is 11.4 Å². The van der Waals surface area contributed by atoms with Gasteiger partial charge in [0.05, 0.1) is 6.20 Å². The highest BCUT2D eigenvalue weighted by Gasteiger charge is 2.39. The lowest BCUT2D eigenvalue weighted by Crippen LogP contribution is -2.45. The molecule has 1 fully saturated rings. The molecule has 0 unspecified atom stereocenters. The molecular weight excluding hydrogens is 524 g/mol. The third kappa shape index (κ3) is 6.33. The topological polar surface area (TPSA) is 131 Å². The standard InChI is InChI=1S/C31H28N4O6/c1-20(37)40-28(22-6-3-2-4-7-22)31(39)35-17-5-8-26(35)29(38)34-25-15-9-21(10-16-25)27-18-32-30(41-27)23-11-13-24(14-12-23)33-19-36/h2-4,6-7,9-16,18-19,26,28H,5,8,17H2,1H3,(H,33,36)(H,34,38)/t26-,28-/m0/s1. The quantitative estimate of drug-likeness (QED) is 0.225. The number of amides is 3. The molecule has 2 heterocycles. The maximum atomic E-state index is 13.4. The van der Waals surface area contributed by atoms with Crippen LogP contribution in [0.1, 0.15) is 31.4 Å². The van der Waals surface area contributed by atoms with Crippen LogP contribution in [0.5, 0.6) is 0 Å². The van der Waals surface area contributed by atoms with Gasteiger partial charge in [-0.25, -0.2) is 4.98 Å². The summed E-state index contributed by atoms with van der Waals surface area (Å²) >= 11 is 0. The normalized spacial score (nSPS) is 15.1. The number of ether oxygens (including phenoxy) is 1. The number of aromatic nitrogens is 1. The van der Waals surface area contributed by atoms with Crippen LogP contribution in [0.3, 0.4) is 0 Å². The summed E-state index contributed by atoms with van der Waals surface area (Å²) in [5.41, 5.74) is 3.31. The van der Waals surface area contributed by atoms with E-state index in [-0.39, 0.29) is 5.91 Å². The Hall–Kier alpha value is -5.25. The summed E-state index contributed by atoms with van der Waals surface area (Å²) in [6.45, 7) is 1.65. The van der Waals surface area contributed by atoms with Crippen LogP contribution in [0.2, 0.25) is 0 Å². The molecule has 2 N–H and O–H groups in total. The Morgan fingerprint density at radius 2 is 1.66 bits per heavy atom. The number of carbonyl (C=O) groups excluding carboxylic acids is 4. The number of likely N-dealkylation sites (tertiary alicyclic amines) is 1. The fourth-order valence-electron chi connectivity index (χ4n) is 4.77. The summed E-state index contributed by atoms with van der Waals surface area (Å²) in [5, 5.41) is 5.48. The number of esters is 1. The van der Waals surface area contributed by atoms with E-state index in [9.17, 15) is 19.2 Å². The summed E-state index contributed by atoms with van der Waals surface area (Å²) in [6.07, 6.45) is 2.29. The van der Waals surface area contributed by atoms with Gasteiger partial charge in [-0.2, -0.15) is 0 Å². The van der Waals surface area contributed by atoms with Crippen molar-refractivity contribution < 1.29 is 28.3 Å². The number of anilines is 2. The number of benzene rings is 3. The van der Waals surface area contributed by atoms with Crippen LogP contribution in [0.15, 0.2) is 89.5 Å². The zero-order valence-corrected chi connectivity index (χ0v) is 22.3. The van der Waals surface area contributed by atoms with Crippen LogP contribution < -0.4 is 10.6 Å². The molecule has 10 nitrogen and oxygen atoms in total. The molecule has 10 heteroatoms. The van der Waals surface area contributed by atoms with E-state index in [4.69, 9.17) is 9.15 Å². The predicted octanol–water partition coefficient (Wildman–Crippen LogP) is 4.81. The summed E-state index contributed by atoms with van der Waals surface area (Å²) in [5.74, 6) is -0.319. The van der Waals surface area contributed by atoms with E-state index in [2.05, 4.69) is 15.6 Å². The van der Waals surface area contributed by atoms with Crippen LogP contribution in [-0.4, -0.2) is 46.7 Å². The molecule has 1 saturated heterocycles. The SMILES string of the molecule is CC(=O)O[C@H](C(=O)N1CCC[C@H]1C(=O)Nc1ccc(-c2cnc(-c3ccc(NC=O)cc3)o2)cc1)c1ccccc1. The molecule has 1 aliphatic heterocycles. The first-order chi connectivity index (χ1) is 19.9. The zero-order chi connectivity index (χ0) is 28.8. The Balaban J connectivity index is 1.25. The van der Waals surface area contributed by atoms with E-state index in [1.165, 1.54) is 11.8 Å². The molecule has 1 aromatic heterocycles. The Labute approximate surface area is 236 Å². The maximum absolute atomic E-state index is 13.4. The van der Waals surface area contributed by atoms with Gasteiger partial charge in [0.15, 0.2) is 5.76 Å². The van der Waals surface area contributed by atoms with Gasteiger partial charge in [-0.05, 0) is 61.4 Å². The van der Waals surface area contributed by atoms with Crippen molar-refractivity contribution in [3.05, 3.63) is 90.6 Å². The molecule has 0 radical (unpaired) electrons. The average molecular weight is 553 g/mol. The first-order valence-electron chi connectivity index (χ1n) is 13.1. The molecule has 2 atom stereocenters. The predicted molar refractivity (Wildman–Crippen MR) is 151 cm³/mol. The van der Waals surface area contributed by atoms with Crippen LogP contribution in [0.25, 0.3) is 22.8 Å². The number of oxazole rings is 1. The number of hydrogen-bond donors (Lipinski definition) is 2. The minimum Gasteiger partial charge on any atom is -0.447 e. The van der Waals surface area contributed by atoms with Crippen LogP contribution in [-0.2, 0) is 23.9 Å². The molecule has 3 aromatic carbocycles. The largest absolute Gasteiger partial charge is 0.447 e. The molecule has 0 spiro atoms. The van der Waals surface area contributed by atoms with Gasteiger partial charge in [0.1, 0.15) is 6.04 Å². The third-order valence-corrected chi connectivity index (χ3v) is 6.75. The molecule has 41 heavy (non-hydrogen) atoms. The van der Waals surface area contributed by atoms with Crippen molar-refractivity contribution in [2.24, 2.45) is 0 Å². The second-order valence-electron chi connectivity index (χ2n) is 9.53. The molecule has 208 valence electrons. The van der Waals surface area contributed by atoms with Crippen molar-refractivity contribution in [1.82, 2.24) is 9.88 Å². The monoisotopic (exact) mass is 552 g/mol. The minimum atomic E-state index is -1.11. The van der Waals surface area contributed by atoms with Crippen molar-refractivity contribution in [2.75, 3.05) is 17.2 Å². The summed E-state index contributed by atoms with van der Waals surface area (Å²) in [6, 6.07) is 22.3. The minimum absolute atomic E-state index is 0.312. The average Bonchev–Trinajstić information content (AvgIpc) is 3.68. The van der Waals surface area contributed by atoms with Gasteiger partial charge in [0.2, 0.25) is 24.3 Å². The van der Waals surface area contributed by atoms with Crippen LogP contribution in [0, 0.1) is 0 Å². The smallest absolute Gasteiger partial charge is 0.303 e. The molecule has 0 aliphatic carbocycles. The third-order valence-electron chi connectivity index (χ3n) is 6.75. The fourth-order valence-corrected chi connectivity index (χ4v) is 4.77. The molecule has 1 aliphatic rings. The molecule has 5 rings (SSSR count). The van der Waals surface area contributed by atoms with Gasteiger partial charge in [-0.3, -0.25) is 19.2 Å². The lowest BCUT2D eigenvalue weighted by Gasteiger charge is -2.28. The van der Waals surface area contributed by atoms with E-state index in [0.717, 1.165) is 11.1 Å². The lowest BCUT2D eigenvalue weighted by molar-refractivity contribution is -0.160. The van der Waals surface area contributed by atoms with Gasteiger partial charge < -0.3 is 24.7 Å². The zero-order valence-electron chi connectivity index (χ0n) is 22.3. The number of hydrogen-bond acceptors (Lipinski definition) is 7. The van der Waals surface area contributed by atoms with Crippen molar-refractivity contribution >= 4 is 35.6 Å². The highest BCUT2D eigenvalue weighted by molar-refractivity contribution is 5.98. The molecule has 3 amide bonds. The first kappa shape index (κ1) is 27.3. The molecule has 4 aromatic rings. The summed E-state index contributed by atoms with van der Waals surface area (Å²) in [7, 11) is 0. The Morgan fingerprint density at radius 3 is 2.34 bits per heavy atom. The van der Waals surface area contributed by atoms with Crippen LogP contribution >= 0.6 is 0 Å². The highest BCUT2D eigenvalue weighted by atomic mass is 16.5. The second kappa shape index (κ2) is 12.3. The van der Waals surface area contributed by atoms with Gasteiger partial charge >= 0.3 is 5.97 Å². The number of nitrogens with zero attached hydrogens (tertiary/aromatic N) is 2. The Morgan fingerprint density at radius 1 is 0.976 bits per heavy atom. The highest BCUT2D eigenvalue weighted by Crippen LogP contribution is 2.29. The molecular formula is C31H28N4O6. The van der Waals surface area contributed by atoms with Gasteiger partial charge in [-0.1, -0.05) is 30.3 Å². The van der Waals surface area contributed by atoms with Gasteiger partial charge in [0.25, 0.3) is 5.91 Å². The van der Waals surface area contributed by atoms with E-state index in [1.54, 1.807) is 79.0 Å². The first-order valence-corrected chi connectivity index (χ1v) is 13.1. The maximum Gasteiger partial charge on any atom is 0.303 e. The van der Waals surface area contributed by atoms with Gasteiger partial charge in [0, 0.05) is 41.5 Å². The van der Waals surface area contributed by atoms with Crippen molar-refractivity contribution in [3.63, 3.8) is 0 Å². The van der Waals surface area contributed by atoms with Crippen molar-refractivity contribution in [2.45, 2.75) is 31.9 Å². The lowest BCUT2D eigenvalue weighted by atomic mass is 10.1.